The summed E-state index contributed by atoms with van der Waals surface area (Å²) in [4.78, 5) is 48.8. The van der Waals surface area contributed by atoms with Crippen molar-refractivity contribution in [1.82, 2.24) is 0 Å². The van der Waals surface area contributed by atoms with Crippen LogP contribution in [0.4, 0.5) is 0 Å². The van der Waals surface area contributed by atoms with E-state index in [2.05, 4.69) is 24.3 Å². The van der Waals surface area contributed by atoms with Crippen LogP contribution in [0.1, 0.15) is 64.0 Å². The summed E-state index contributed by atoms with van der Waals surface area (Å²) in [6, 6.07) is 33.9. The van der Waals surface area contributed by atoms with Gasteiger partial charge in [-0.2, -0.15) is 0 Å². The first-order chi connectivity index (χ1) is 20.4. The monoisotopic (exact) mass is 570 g/mol. The maximum atomic E-state index is 12.3. The zero-order valence-electron chi connectivity index (χ0n) is 21.8. The molecular formula is C35H19ClO6. The lowest BCUT2D eigenvalue weighted by molar-refractivity contribution is 0.0425. The number of hydrogen-bond acceptors (Lipinski definition) is 6. The molecule has 0 amide bonds. The van der Waals surface area contributed by atoms with Gasteiger partial charge in [0.2, 0.25) is 0 Å². The Bertz CT molecular complexity index is 1860. The van der Waals surface area contributed by atoms with Crippen LogP contribution in [0, 0.1) is 0 Å². The molecule has 2 heterocycles. The van der Waals surface area contributed by atoms with Gasteiger partial charge in [0.1, 0.15) is 0 Å². The number of halogens is 1. The van der Waals surface area contributed by atoms with Gasteiger partial charge < -0.3 is 9.47 Å². The van der Waals surface area contributed by atoms with Crippen molar-refractivity contribution in [3.8, 4) is 22.3 Å². The molecule has 6 nitrogen and oxygen atoms in total. The number of fused-ring (bicyclic) bond motifs is 2. The molecule has 0 N–H and O–H groups in total. The van der Waals surface area contributed by atoms with Crippen molar-refractivity contribution in [2.24, 2.45) is 0 Å². The Morgan fingerprint density at radius 2 is 0.738 bits per heavy atom. The Kier molecular flexibility index (Phi) is 6.07. The Hall–Kier alpha value is -5.33. The van der Waals surface area contributed by atoms with Gasteiger partial charge in [0, 0.05) is 10.9 Å². The van der Waals surface area contributed by atoms with Crippen molar-refractivity contribution in [3.63, 3.8) is 0 Å². The molecule has 0 bridgehead atoms. The topological polar surface area (TPSA) is 86.7 Å². The highest BCUT2D eigenvalue weighted by Crippen LogP contribution is 2.37. The van der Waals surface area contributed by atoms with Gasteiger partial charge in [-0.3, -0.25) is 0 Å². The Balaban J connectivity index is 1.27. The molecule has 0 aromatic heterocycles. The van der Waals surface area contributed by atoms with Gasteiger partial charge in [-0.1, -0.05) is 84.4 Å². The molecule has 42 heavy (non-hydrogen) atoms. The summed E-state index contributed by atoms with van der Waals surface area (Å²) in [5, 5.41) is 0.690. The first-order valence-electron chi connectivity index (χ1n) is 13.1. The molecule has 0 fully saturated rings. The number of benzene rings is 5. The van der Waals surface area contributed by atoms with Gasteiger partial charge in [-0.05, 0) is 75.3 Å². The summed E-state index contributed by atoms with van der Waals surface area (Å²) in [6.45, 7) is 0. The van der Waals surface area contributed by atoms with Crippen LogP contribution in [0.2, 0.25) is 5.02 Å². The van der Waals surface area contributed by atoms with E-state index in [1.165, 1.54) is 0 Å². The van der Waals surface area contributed by atoms with Gasteiger partial charge >= 0.3 is 23.9 Å². The molecule has 0 radical (unpaired) electrons. The summed E-state index contributed by atoms with van der Waals surface area (Å²) in [6.07, 6.45) is 0. The van der Waals surface area contributed by atoms with Crippen molar-refractivity contribution in [2.45, 2.75) is 5.92 Å². The minimum atomic E-state index is -0.698. The van der Waals surface area contributed by atoms with Crippen molar-refractivity contribution < 1.29 is 28.7 Å². The second-order valence-electron chi connectivity index (χ2n) is 10.1. The van der Waals surface area contributed by atoms with Crippen LogP contribution >= 0.6 is 11.6 Å². The number of carbonyl (C=O) groups is 4. The largest absolute Gasteiger partial charge is 0.386 e. The smallest absolute Gasteiger partial charge is 0.346 e. The maximum Gasteiger partial charge on any atom is 0.346 e. The summed E-state index contributed by atoms with van der Waals surface area (Å²) in [5.74, 6) is -3.17. The quantitative estimate of drug-likeness (QED) is 0.124. The second-order valence-corrected chi connectivity index (χ2v) is 10.5. The van der Waals surface area contributed by atoms with Crippen LogP contribution < -0.4 is 0 Å². The van der Waals surface area contributed by atoms with E-state index >= 15 is 0 Å². The van der Waals surface area contributed by atoms with Crippen LogP contribution in [0.5, 0.6) is 0 Å². The van der Waals surface area contributed by atoms with Gasteiger partial charge in [0.05, 0.1) is 22.3 Å². The van der Waals surface area contributed by atoms with Crippen LogP contribution in [-0.2, 0) is 9.47 Å². The fourth-order valence-electron chi connectivity index (χ4n) is 5.51. The summed E-state index contributed by atoms with van der Waals surface area (Å²) in [5.41, 5.74) is 7.32. The SMILES string of the molecule is O=C1OC(=O)c2cc(C(c3ccc(-c4ccc(-c5ccc(Cl)cc5)cc4)cc3)c3ccc4c(c3)C(=O)OC4=O)ccc21. The lowest BCUT2D eigenvalue weighted by atomic mass is 9.82. The molecule has 0 aliphatic carbocycles. The van der Waals surface area contributed by atoms with E-state index < -0.39 is 29.8 Å². The molecule has 5 aromatic carbocycles. The average Bonchev–Trinajstić information content (AvgIpc) is 3.46. The van der Waals surface area contributed by atoms with Gasteiger partial charge in [0.15, 0.2) is 0 Å². The van der Waals surface area contributed by atoms with E-state index in [0.717, 1.165) is 38.9 Å². The molecule has 0 atom stereocenters. The first kappa shape index (κ1) is 25.6. The van der Waals surface area contributed by atoms with Crippen LogP contribution in [0.15, 0.2) is 109 Å². The number of hydrogen-bond donors (Lipinski definition) is 0. The summed E-state index contributed by atoms with van der Waals surface area (Å²) >= 11 is 6.02. The normalized spacial score (nSPS) is 13.7. The third-order valence-corrected chi connectivity index (χ3v) is 7.90. The van der Waals surface area contributed by atoms with Crippen LogP contribution in [0.3, 0.4) is 0 Å². The van der Waals surface area contributed by atoms with E-state index in [0.29, 0.717) is 5.02 Å². The molecule has 5 aromatic rings. The Morgan fingerprint density at radius 1 is 0.405 bits per heavy atom. The Morgan fingerprint density at radius 3 is 1.17 bits per heavy atom. The molecule has 0 spiro atoms. The lowest BCUT2D eigenvalue weighted by Crippen LogP contribution is -2.07. The predicted molar refractivity (Wildman–Crippen MR) is 156 cm³/mol. The molecule has 2 aliphatic heterocycles. The molecule has 202 valence electrons. The minimum Gasteiger partial charge on any atom is -0.386 e. The molecule has 0 saturated carbocycles. The number of esters is 4. The number of rotatable bonds is 5. The Labute approximate surface area is 245 Å². The lowest BCUT2D eigenvalue weighted by Gasteiger charge is -2.20. The third-order valence-electron chi connectivity index (χ3n) is 7.64. The standard InChI is InChI=1S/C35H19ClO6/c36-26-13-9-22(10-14-26)20-3-1-19(2-4-20)21-5-7-23(8-6-21)31(24-11-15-27-29(17-24)34(39)41-32(27)37)25-12-16-28-30(18-25)35(40)42-33(28)38/h1-18,31H. The van der Waals surface area contributed by atoms with Gasteiger partial charge in [0.25, 0.3) is 0 Å². The van der Waals surface area contributed by atoms with E-state index in [1.54, 1.807) is 36.4 Å². The summed E-state index contributed by atoms with van der Waals surface area (Å²) in [7, 11) is 0. The molecular weight excluding hydrogens is 552 g/mol. The molecule has 0 saturated heterocycles. The van der Waals surface area contributed by atoms with Crippen LogP contribution in [-0.4, -0.2) is 23.9 Å². The molecule has 7 rings (SSSR count). The number of ether oxygens (including phenoxy) is 2. The number of carbonyl (C=O) groups excluding carboxylic acids is 4. The zero-order chi connectivity index (χ0) is 29.0. The van der Waals surface area contributed by atoms with E-state index in [-0.39, 0.29) is 22.3 Å². The molecule has 7 heteroatoms. The van der Waals surface area contributed by atoms with E-state index in [9.17, 15) is 19.2 Å². The average molecular weight is 571 g/mol. The van der Waals surface area contributed by atoms with Crippen molar-refractivity contribution in [3.05, 3.63) is 153 Å². The van der Waals surface area contributed by atoms with Crippen molar-refractivity contribution in [2.75, 3.05) is 0 Å². The highest BCUT2D eigenvalue weighted by atomic mass is 35.5. The van der Waals surface area contributed by atoms with Gasteiger partial charge in [-0.15, -0.1) is 0 Å². The molecule has 2 aliphatic rings. The molecule has 0 unspecified atom stereocenters. The van der Waals surface area contributed by atoms with E-state index in [1.807, 2.05) is 48.5 Å². The zero-order valence-corrected chi connectivity index (χ0v) is 22.6. The third kappa shape index (κ3) is 4.39. The second kappa shape index (κ2) is 9.94. The predicted octanol–water partition coefficient (Wildman–Crippen LogP) is 7.48. The minimum absolute atomic E-state index is 0.190. The fraction of sp³-hybridized carbons (Fsp3) is 0.0286. The van der Waals surface area contributed by atoms with Gasteiger partial charge in [-0.25, -0.2) is 19.2 Å². The maximum absolute atomic E-state index is 12.3. The fourth-order valence-corrected chi connectivity index (χ4v) is 5.63. The van der Waals surface area contributed by atoms with E-state index in [4.69, 9.17) is 21.1 Å². The highest BCUT2D eigenvalue weighted by Gasteiger charge is 2.33. The van der Waals surface area contributed by atoms with Crippen LogP contribution in [0.25, 0.3) is 22.3 Å². The summed E-state index contributed by atoms with van der Waals surface area (Å²) < 4.78 is 9.58. The first-order valence-corrected chi connectivity index (χ1v) is 13.5. The number of cyclic esters (lactones) is 4. The van der Waals surface area contributed by atoms with Crippen molar-refractivity contribution >= 4 is 35.5 Å². The highest BCUT2D eigenvalue weighted by molar-refractivity contribution is 6.30. The van der Waals surface area contributed by atoms with Crippen molar-refractivity contribution in [1.29, 1.82) is 0 Å².